The fourth-order valence-electron chi connectivity index (χ4n) is 3.26. The topological polar surface area (TPSA) is 32.6 Å². The molecule has 130 valence electrons. The largest absolute Gasteiger partial charge is 0.411 e. The van der Waals surface area contributed by atoms with Crippen LogP contribution in [0.5, 0.6) is 0 Å². The second-order valence-electron chi connectivity index (χ2n) is 5.44. The summed E-state index contributed by atoms with van der Waals surface area (Å²) in [5.74, 6) is 0.905. The van der Waals surface area contributed by atoms with Gasteiger partial charge in [0, 0.05) is 0 Å². The van der Waals surface area contributed by atoms with Gasteiger partial charge in [0.25, 0.3) is 0 Å². The summed E-state index contributed by atoms with van der Waals surface area (Å²) < 4.78 is 0. The molecule has 1 aliphatic rings. The van der Waals surface area contributed by atoms with Gasteiger partial charge in [0.1, 0.15) is 0 Å². The van der Waals surface area contributed by atoms with Gasteiger partial charge in [0.05, 0.1) is 5.71 Å². The van der Waals surface area contributed by atoms with Gasteiger partial charge in [0.2, 0.25) is 0 Å². The van der Waals surface area contributed by atoms with Gasteiger partial charge in [0.15, 0.2) is 0 Å². The summed E-state index contributed by atoms with van der Waals surface area (Å²) in [4.78, 5) is 0. The van der Waals surface area contributed by atoms with Crippen molar-refractivity contribution in [2.45, 2.75) is 58.8 Å². The molecular weight excluding hydrogens is 294 g/mol. The van der Waals surface area contributed by atoms with E-state index >= 15 is 0 Å². The molecule has 3 rings (SSSR count). The van der Waals surface area contributed by atoms with Crippen LogP contribution < -0.4 is 0 Å². The van der Waals surface area contributed by atoms with Gasteiger partial charge < -0.3 is 5.21 Å². The molecule has 24 heavy (non-hydrogen) atoms. The average Bonchev–Trinajstić information content (AvgIpc) is 2.72. The highest BCUT2D eigenvalue weighted by Crippen LogP contribution is 2.42. The van der Waals surface area contributed by atoms with E-state index in [9.17, 15) is 0 Å². The maximum atomic E-state index is 9.10. The number of rotatable bonds is 2. The van der Waals surface area contributed by atoms with Crippen molar-refractivity contribution in [3.63, 3.8) is 0 Å². The maximum Gasteiger partial charge on any atom is 0.0577 e. The number of benzene rings is 2. The second kappa shape index (κ2) is 11.4. The van der Waals surface area contributed by atoms with Crippen molar-refractivity contribution in [3.8, 4) is 0 Å². The van der Waals surface area contributed by atoms with Gasteiger partial charge in [-0.3, -0.25) is 0 Å². The predicted octanol–water partition coefficient (Wildman–Crippen LogP) is 6.62. The fourth-order valence-corrected chi connectivity index (χ4v) is 3.26. The van der Waals surface area contributed by atoms with Crippen molar-refractivity contribution in [1.82, 2.24) is 0 Å². The molecule has 0 aromatic heterocycles. The predicted molar refractivity (Wildman–Crippen MR) is 104 cm³/mol. The summed E-state index contributed by atoms with van der Waals surface area (Å²) in [5.41, 5.74) is 3.64. The molecule has 2 aromatic rings. The van der Waals surface area contributed by atoms with Gasteiger partial charge >= 0.3 is 0 Å². The van der Waals surface area contributed by atoms with Crippen LogP contribution in [0.25, 0.3) is 0 Å². The molecule has 2 aromatic carbocycles. The van der Waals surface area contributed by atoms with E-state index in [-0.39, 0.29) is 0 Å². The lowest BCUT2D eigenvalue weighted by molar-refractivity contribution is 0.311. The quantitative estimate of drug-likeness (QED) is 0.488. The van der Waals surface area contributed by atoms with E-state index in [1.165, 1.54) is 11.1 Å². The Morgan fingerprint density at radius 3 is 1.67 bits per heavy atom. The Morgan fingerprint density at radius 2 is 1.21 bits per heavy atom. The lowest BCUT2D eigenvalue weighted by Crippen LogP contribution is -2.22. The third-order valence-corrected chi connectivity index (χ3v) is 4.28. The van der Waals surface area contributed by atoms with E-state index in [0.717, 1.165) is 25.0 Å². The van der Waals surface area contributed by atoms with Crippen molar-refractivity contribution in [2.75, 3.05) is 0 Å². The van der Waals surface area contributed by atoms with Gasteiger partial charge in [-0.1, -0.05) is 93.5 Å². The van der Waals surface area contributed by atoms with Crippen LogP contribution in [-0.4, -0.2) is 10.9 Å². The maximum absolute atomic E-state index is 9.10. The van der Waals surface area contributed by atoms with E-state index in [0.29, 0.717) is 11.8 Å². The lowest BCUT2D eigenvalue weighted by atomic mass is 9.71. The molecule has 0 amide bonds. The van der Waals surface area contributed by atoms with Crippen LogP contribution in [0.15, 0.2) is 65.8 Å². The number of hydrogen-bond donors (Lipinski definition) is 1. The summed E-state index contributed by atoms with van der Waals surface area (Å²) in [7, 11) is 0. The summed E-state index contributed by atoms with van der Waals surface area (Å²) in [6.07, 6.45) is 2.78. The number of hydrogen-bond acceptors (Lipinski definition) is 2. The molecule has 2 atom stereocenters. The highest BCUT2D eigenvalue weighted by atomic mass is 16.4. The minimum Gasteiger partial charge on any atom is -0.411 e. The van der Waals surface area contributed by atoms with Gasteiger partial charge in [-0.15, -0.1) is 0 Å². The molecule has 0 heterocycles. The van der Waals surface area contributed by atoms with Crippen LogP contribution in [0.3, 0.4) is 0 Å². The zero-order valence-corrected chi connectivity index (χ0v) is 15.4. The standard InChI is InChI=1S/C18H19NO.2C2H6/c20-19-16-11-12-17(14-7-3-1-4-8-14)18(13-16)15-9-5-2-6-10-15;2*1-2/h1-10,17-18,20H,11-13H2;2*1-2H3/b19-16-;;/t17-,18?;;/m0../s1. The van der Waals surface area contributed by atoms with Gasteiger partial charge in [-0.05, 0) is 42.2 Å². The number of nitrogens with zero attached hydrogens (tertiary/aromatic N) is 1. The molecule has 1 fully saturated rings. The Hall–Kier alpha value is -2.09. The molecule has 1 unspecified atom stereocenters. The van der Waals surface area contributed by atoms with E-state index in [1.54, 1.807) is 0 Å². The normalized spacial score (nSPS) is 21.1. The second-order valence-corrected chi connectivity index (χ2v) is 5.44. The molecule has 1 aliphatic carbocycles. The highest BCUT2D eigenvalue weighted by molar-refractivity contribution is 5.85. The minimum absolute atomic E-state index is 0.401. The lowest BCUT2D eigenvalue weighted by Gasteiger charge is -2.32. The first-order valence-electron chi connectivity index (χ1n) is 9.18. The van der Waals surface area contributed by atoms with Crippen molar-refractivity contribution in [3.05, 3.63) is 71.8 Å². The third kappa shape index (κ3) is 5.23. The highest BCUT2D eigenvalue weighted by Gasteiger charge is 2.30. The molecule has 0 radical (unpaired) electrons. The first kappa shape index (κ1) is 20.0. The van der Waals surface area contributed by atoms with Gasteiger partial charge in [-0.25, -0.2) is 0 Å². The summed E-state index contributed by atoms with van der Waals surface area (Å²) in [5, 5.41) is 12.6. The minimum atomic E-state index is 0.401. The van der Waals surface area contributed by atoms with Crippen molar-refractivity contribution in [2.24, 2.45) is 5.16 Å². The van der Waals surface area contributed by atoms with Gasteiger partial charge in [-0.2, -0.15) is 0 Å². The van der Waals surface area contributed by atoms with Crippen LogP contribution in [0.2, 0.25) is 0 Å². The Morgan fingerprint density at radius 1 is 0.750 bits per heavy atom. The van der Waals surface area contributed by atoms with Crippen LogP contribution in [0.1, 0.15) is 69.9 Å². The summed E-state index contributed by atoms with van der Waals surface area (Å²) in [6.45, 7) is 8.00. The average molecular weight is 325 g/mol. The van der Waals surface area contributed by atoms with Crippen LogP contribution in [0.4, 0.5) is 0 Å². The van der Waals surface area contributed by atoms with E-state index in [2.05, 4.69) is 59.8 Å². The first-order chi connectivity index (χ1) is 11.9. The molecular formula is C22H31NO. The molecule has 0 saturated heterocycles. The fraction of sp³-hybridized carbons (Fsp3) is 0.409. The first-order valence-corrected chi connectivity index (χ1v) is 9.18. The van der Waals surface area contributed by atoms with E-state index in [1.807, 2.05) is 33.8 Å². The summed E-state index contributed by atoms with van der Waals surface area (Å²) >= 11 is 0. The van der Waals surface area contributed by atoms with E-state index in [4.69, 9.17) is 5.21 Å². The molecule has 2 nitrogen and oxygen atoms in total. The third-order valence-electron chi connectivity index (χ3n) is 4.28. The smallest absolute Gasteiger partial charge is 0.0577 e. The zero-order chi connectivity index (χ0) is 17.8. The molecule has 1 saturated carbocycles. The SMILES string of the molecule is CC.CC.O/N=C1/CC[C@@H](c2ccccc2)C(c2ccccc2)C1. The summed E-state index contributed by atoms with van der Waals surface area (Å²) in [6, 6.07) is 21.3. The van der Waals surface area contributed by atoms with Crippen molar-refractivity contribution < 1.29 is 5.21 Å². The van der Waals surface area contributed by atoms with Crippen molar-refractivity contribution >= 4 is 5.71 Å². The van der Waals surface area contributed by atoms with Crippen LogP contribution >= 0.6 is 0 Å². The Labute approximate surface area is 147 Å². The molecule has 0 aliphatic heterocycles. The van der Waals surface area contributed by atoms with Crippen molar-refractivity contribution in [1.29, 1.82) is 0 Å². The molecule has 1 N–H and O–H groups in total. The Bertz CT molecular complexity index is 577. The number of oxime groups is 1. The molecule has 2 heteroatoms. The Kier molecular flexibility index (Phi) is 9.52. The van der Waals surface area contributed by atoms with E-state index < -0.39 is 0 Å². The van der Waals surface area contributed by atoms with Crippen LogP contribution in [0, 0.1) is 0 Å². The molecule has 0 bridgehead atoms. The Balaban J connectivity index is 0.000000671. The zero-order valence-electron chi connectivity index (χ0n) is 15.4. The monoisotopic (exact) mass is 325 g/mol. The van der Waals surface area contributed by atoms with Crippen LogP contribution in [-0.2, 0) is 0 Å². The molecule has 0 spiro atoms.